The number of halogens is 2. The molecule has 5 nitrogen and oxygen atoms in total. The average Bonchev–Trinajstić information content (AvgIpc) is 2.73. The highest BCUT2D eigenvalue weighted by atomic mass is 127. The maximum atomic E-state index is 6.05. The Morgan fingerprint density at radius 2 is 2.08 bits per heavy atom. The minimum Gasteiger partial charge on any atom is -0.352 e. The van der Waals surface area contributed by atoms with Crippen molar-refractivity contribution in [3.63, 3.8) is 0 Å². The summed E-state index contributed by atoms with van der Waals surface area (Å²) >= 11 is 6.05. The molecule has 1 heterocycles. The summed E-state index contributed by atoms with van der Waals surface area (Å²) in [5.74, 6) is 0.840. The van der Waals surface area contributed by atoms with Crippen LogP contribution in [-0.4, -0.2) is 34.7 Å². The Morgan fingerprint density at radius 3 is 2.62 bits per heavy atom. The van der Waals surface area contributed by atoms with Crippen LogP contribution in [0.5, 0.6) is 0 Å². The third-order valence-electron chi connectivity index (χ3n) is 3.96. The Bertz CT molecular complexity index is 711. The van der Waals surface area contributed by atoms with E-state index in [1.807, 2.05) is 43.9 Å². The second-order valence-electron chi connectivity index (χ2n) is 5.66. The summed E-state index contributed by atoms with van der Waals surface area (Å²) in [6.45, 7) is 5.56. The van der Waals surface area contributed by atoms with Crippen LogP contribution < -0.4 is 5.32 Å². The zero-order valence-corrected chi connectivity index (χ0v) is 17.9. The first-order chi connectivity index (χ1) is 10.9. The van der Waals surface area contributed by atoms with Gasteiger partial charge < -0.3 is 10.2 Å². The number of aromatic nitrogens is 2. The maximum Gasteiger partial charge on any atom is 0.193 e. The van der Waals surface area contributed by atoms with Crippen LogP contribution in [0.1, 0.15) is 22.5 Å². The van der Waals surface area contributed by atoms with E-state index in [4.69, 9.17) is 11.6 Å². The monoisotopic (exact) mass is 461 g/mol. The second-order valence-corrected chi connectivity index (χ2v) is 6.10. The molecule has 0 atom stereocenters. The molecule has 0 aliphatic heterocycles. The molecule has 1 N–H and O–H groups in total. The SMILES string of the molecule is CN=C(NCc1c(C)nn(C)c1C)N(C)Cc1cccc(Cl)c1.I. The molecule has 0 radical (unpaired) electrons. The van der Waals surface area contributed by atoms with Crippen molar-refractivity contribution in [2.45, 2.75) is 26.9 Å². The molecule has 132 valence electrons. The van der Waals surface area contributed by atoms with E-state index < -0.39 is 0 Å². The van der Waals surface area contributed by atoms with Gasteiger partial charge in [0.2, 0.25) is 0 Å². The number of hydrogen-bond acceptors (Lipinski definition) is 2. The molecule has 24 heavy (non-hydrogen) atoms. The van der Waals surface area contributed by atoms with Gasteiger partial charge in [-0.25, -0.2) is 0 Å². The lowest BCUT2D eigenvalue weighted by molar-refractivity contribution is 0.476. The quantitative estimate of drug-likeness (QED) is 0.430. The summed E-state index contributed by atoms with van der Waals surface area (Å²) in [5.41, 5.74) is 4.58. The number of nitrogens with one attached hydrogen (secondary N) is 1. The van der Waals surface area contributed by atoms with E-state index in [0.717, 1.165) is 28.8 Å². The highest BCUT2D eigenvalue weighted by Crippen LogP contribution is 2.13. The Hall–Kier alpha value is -1.28. The summed E-state index contributed by atoms with van der Waals surface area (Å²) < 4.78 is 1.91. The standard InChI is InChI=1S/C17H24ClN5.HI/c1-12-16(13(2)23(5)21-12)10-20-17(19-3)22(4)11-14-7-6-8-15(18)9-14;/h6-9H,10-11H2,1-5H3,(H,19,20);1H. The summed E-state index contributed by atoms with van der Waals surface area (Å²) in [6, 6.07) is 7.88. The van der Waals surface area contributed by atoms with Crippen molar-refractivity contribution in [3.8, 4) is 0 Å². The van der Waals surface area contributed by atoms with Gasteiger partial charge in [0.25, 0.3) is 0 Å². The van der Waals surface area contributed by atoms with Crippen molar-refractivity contribution in [1.82, 2.24) is 20.0 Å². The number of aryl methyl sites for hydroxylation is 2. The van der Waals surface area contributed by atoms with Crippen molar-refractivity contribution in [1.29, 1.82) is 0 Å². The van der Waals surface area contributed by atoms with E-state index in [9.17, 15) is 0 Å². The van der Waals surface area contributed by atoms with Crippen molar-refractivity contribution >= 4 is 41.5 Å². The van der Waals surface area contributed by atoms with Gasteiger partial charge in [-0.15, -0.1) is 24.0 Å². The number of benzene rings is 1. The van der Waals surface area contributed by atoms with Crippen LogP contribution in [0.4, 0.5) is 0 Å². The molecule has 1 aromatic heterocycles. The van der Waals surface area contributed by atoms with Crippen molar-refractivity contribution in [3.05, 3.63) is 51.8 Å². The van der Waals surface area contributed by atoms with Gasteiger partial charge in [-0.3, -0.25) is 9.67 Å². The Labute approximate surface area is 166 Å². The number of rotatable bonds is 4. The van der Waals surface area contributed by atoms with Gasteiger partial charge in [0.15, 0.2) is 5.96 Å². The fourth-order valence-electron chi connectivity index (χ4n) is 2.61. The highest BCUT2D eigenvalue weighted by Gasteiger charge is 2.12. The maximum absolute atomic E-state index is 6.05. The smallest absolute Gasteiger partial charge is 0.193 e. The minimum absolute atomic E-state index is 0. The summed E-state index contributed by atoms with van der Waals surface area (Å²) in [7, 11) is 5.77. The summed E-state index contributed by atoms with van der Waals surface area (Å²) in [5, 5.41) is 8.60. The Balaban J connectivity index is 0.00000288. The lowest BCUT2D eigenvalue weighted by Gasteiger charge is -2.22. The lowest BCUT2D eigenvalue weighted by atomic mass is 10.2. The first-order valence-electron chi connectivity index (χ1n) is 7.57. The largest absolute Gasteiger partial charge is 0.352 e. The number of nitrogens with zero attached hydrogens (tertiary/aromatic N) is 4. The van der Waals surface area contributed by atoms with Crippen LogP contribution in [0.2, 0.25) is 5.02 Å². The molecule has 0 saturated heterocycles. The fourth-order valence-corrected chi connectivity index (χ4v) is 2.82. The first kappa shape index (κ1) is 20.8. The molecule has 0 bridgehead atoms. The molecule has 0 unspecified atom stereocenters. The topological polar surface area (TPSA) is 45.5 Å². The van der Waals surface area contributed by atoms with Crippen molar-refractivity contribution in [2.24, 2.45) is 12.0 Å². The predicted molar refractivity (Wildman–Crippen MR) is 111 cm³/mol. The van der Waals surface area contributed by atoms with Gasteiger partial charge in [-0.1, -0.05) is 23.7 Å². The van der Waals surface area contributed by atoms with Gasteiger partial charge in [0, 0.05) is 50.5 Å². The predicted octanol–water partition coefficient (Wildman–Crippen LogP) is 3.52. The van der Waals surface area contributed by atoms with E-state index in [1.54, 1.807) is 7.05 Å². The second kappa shape index (κ2) is 9.27. The third-order valence-corrected chi connectivity index (χ3v) is 4.20. The molecule has 0 saturated carbocycles. The first-order valence-corrected chi connectivity index (χ1v) is 7.95. The minimum atomic E-state index is 0. The third kappa shape index (κ3) is 5.11. The number of aliphatic imine (C=N–C) groups is 1. The molecular weight excluding hydrogens is 437 g/mol. The van der Waals surface area contributed by atoms with E-state index in [0.29, 0.717) is 6.54 Å². The Kier molecular flexibility index (Phi) is 8.02. The molecule has 0 fully saturated rings. The van der Waals surface area contributed by atoms with Crippen LogP contribution >= 0.6 is 35.6 Å². The number of hydrogen-bond donors (Lipinski definition) is 1. The fraction of sp³-hybridized carbons (Fsp3) is 0.412. The normalized spacial score (nSPS) is 11.2. The summed E-state index contributed by atoms with van der Waals surface area (Å²) in [4.78, 5) is 6.44. The van der Waals surface area contributed by atoms with Gasteiger partial charge >= 0.3 is 0 Å². The van der Waals surface area contributed by atoms with Crippen LogP contribution in [0.25, 0.3) is 0 Å². The Morgan fingerprint density at radius 1 is 1.38 bits per heavy atom. The van der Waals surface area contributed by atoms with Gasteiger partial charge in [-0.2, -0.15) is 5.10 Å². The molecule has 1 aromatic carbocycles. The zero-order valence-electron chi connectivity index (χ0n) is 14.8. The van der Waals surface area contributed by atoms with E-state index in [-0.39, 0.29) is 24.0 Å². The van der Waals surface area contributed by atoms with Crippen LogP contribution in [0.15, 0.2) is 29.3 Å². The van der Waals surface area contributed by atoms with Crippen molar-refractivity contribution < 1.29 is 0 Å². The van der Waals surface area contributed by atoms with Crippen LogP contribution in [0.3, 0.4) is 0 Å². The van der Waals surface area contributed by atoms with E-state index >= 15 is 0 Å². The highest BCUT2D eigenvalue weighted by molar-refractivity contribution is 14.0. The molecule has 0 aliphatic rings. The van der Waals surface area contributed by atoms with Gasteiger partial charge in [0.05, 0.1) is 5.69 Å². The van der Waals surface area contributed by atoms with Crippen molar-refractivity contribution in [2.75, 3.05) is 14.1 Å². The summed E-state index contributed by atoms with van der Waals surface area (Å²) in [6.07, 6.45) is 0. The zero-order chi connectivity index (χ0) is 17.0. The molecule has 7 heteroatoms. The molecule has 0 spiro atoms. The van der Waals surface area contributed by atoms with Gasteiger partial charge in [0.1, 0.15) is 0 Å². The van der Waals surface area contributed by atoms with Crippen LogP contribution in [0, 0.1) is 13.8 Å². The molecular formula is C17H25ClIN5. The number of guanidine groups is 1. The molecule has 0 amide bonds. The van der Waals surface area contributed by atoms with Gasteiger partial charge in [-0.05, 0) is 31.5 Å². The molecule has 0 aliphatic carbocycles. The van der Waals surface area contributed by atoms with Crippen LogP contribution in [-0.2, 0) is 20.1 Å². The molecule has 2 rings (SSSR count). The average molecular weight is 462 g/mol. The van der Waals surface area contributed by atoms with E-state index in [2.05, 4.69) is 33.3 Å². The molecule has 2 aromatic rings. The van der Waals surface area contributed by atoms with E-state index in [1.165, 1.54) is 11.3 Å². The lowest BCUT2D eigenvalue weighted by Crippen LogP contribution is -2.38.